The van der Waals surface area contributed by atoms with Crippen molar-refractivity contribution >= 4 is 17.3 Å². The fraction of sp³-hybridized carbons (Fsp3) is 0.125. The zero-order valence-electron chi connectivity index (χ0n) is 8.88. The second kappa shape index (κ2) is 4.89. The van der Waals surface area contributed by atoms with Crippen LogP contribution in [0, 0.1) is 10.4 Å². The van der Waals surface area contributed by atoms with Gasteiger partial charge in [-0.25, -0.2) is 0 Å². The van der Waals surface area contributed by atoms with Gasteiger partial charge in [0.05, 0.1) is 11.1 Å². The minimum Gasteiger partial charge on any atom is -0.769 e. The summed E-state index contributed by atoms with van der Waals surface area (Å²) in [4.78, 5) is 11.0. The van der Waals surface area contributed by atoms with Crippen LogP contribution in [0.3, 0.4) is 0 Å². The summed E-state index contributed by atoms with van der Waals surface area (Å²) in [6.07, 6.45) is -4.98. The molecule has 0 saturated carbocycles. The van der Waals surface area contributed by atoms with Crippen LogP contribution in [-0.2, 0) is 6.18 Å². The third-order valence-corrected chi connectivity index (χ3v) is 2.08. The van der Waals surface area contributed by atoms with Crippen molar-refractivity contribution in [2.45, 2.75) is 6.18 Å². The number of halogens is 3. The summed E-state index contributed by atoms with van der Waals surface area (Å²) in [5, 5.41) is 36.6. The fourth-order valence-electron chi connectivity index (χ4n) is 1.33. The van der Waals surface area contributed by atoms with Gasteiger partial charge in [0.15, 0.2) is 0 Å². The summed E-state index contributed by atoms with van der Waals surface area (Å²) in [6.45, 7) is 0. The predicted molar refractivity (Wildman–Crippen MR) is 55.2 cm³/mol. The molecule has 1 amide bonds. The normalized spacial score (nSPS) is 11.3. The van der Waals surface area contributed by atoms with Crippen LogP contribution in [0.25, 0.3) is 0 Å². The first kappa shape index (κ1) is 15.0. The molecular weight excluding hydrogens is 275 g/mol. The van der Waals surface area contributed by atoms with Crippen LogP contribution in [0.1, 0.15) is 15.9 Å². The Bertz CT molecular complexity index is 474. The Labute approximate surface area is 103 Å². The van der Waals surface area contributed by atoms with Crippen molar-refractivity contribution in [1.82, 2.24) is 0 Å². The van der Waals surface area contributed by atoms with Gasteiger partial charge in [0, 0.05) is 5.69 Å². The van der Waals surface area contributed by atoms with Crippen molar-refractivity contribution in [2.24, 2.45) is 5.73 Å². The van der Waals surface area contributed by atoms with E-state index in [-0.39, 0.29) is 12.1 Å². The summed E-state index contributed by atoms with van der Waals surface area (Å²) in [6, 6.07) is 0.222. The second-order valence-corrected chi connectivity index (χ2v) is 3.30. The van der Waals surface area contributed by atoms with Gasteiger partial charge in [0.25, 0.3) is 5.91 Å². The molecule has 4 N–H and O–H groups in total. The second-order valence-electron chi connectivity index (χ2n) is 3.30. The maximum atomic E-state index is 12.5. The molecule has 0 unspecified atom stereocenters. The molecule has 19 heavy (non-hydrogen) atoms. The summed E-state index contributed by atoms with van der Waals surface area (Å²) in [7, 11) is 0. The van der Waals surface area contributed by atoms with E-state index in [2.05, 4.69) is 0 Å². The van der Waals surface area contributed by atoms with Crippen LogP contribution in [0.2, 0.25) is 0 Å². The number of nitrogens with two attached hydrogens (primary N) is 1. The first-order valence-corrected chi connectivity index (χ1v) is 4.43. The molecule has 1 aromatic carbocycles. The van der Waals surface area contributed by atoms with E-state index < -0.39 is 45.0 Å². The number of anilines is 2. The van der Waals surface area contributed by atoms with Gasteiger partial charge in [-0.15, -0.1) is 5.23 Å². The number of carbonyl (C=O) groups excluding carboxylic acids is 1. The monoisotopic (exact) mass is 281 g/mol. The highest BCUT2D eigenvalue weighted by atomic mass is 19.4. The van der Waals surface area contributed by atoms with Crippen molar-refractivity contribution in [3.8, 4) is 0 Å². The summed E-state index contributed by atoms with van der Waals surface area (Å²) < 4.78 is 37.5. The molecule has 0 aromatic heterocycles. The molecule has 8 nitrogen and oxygen atoms in total. The van der Waals surface area contributed by atoms with E-state index in [4.69, 9.17) is 16.1 Å². The minimum atomic E-state index is -4.98. The Balaban J connectivity index is 3.68. The van der Waals surface area contributed by atoms with Crippen LogP contribution in [0.15, 0.2) is 12.1 Å². The van der Waals surface area contributed by atoms with Crippen molar-refractivity contribution < 1.29 is 28.4 Å². The summed E-state index contributed by atoms with van der Waals surface area (Å²) in [5.74, 6) is -1.48. The lowest BCUT2D eigenvalue weighted by Gasteiger charge is -2.39. The Hall–Kier alpha value is -2.08. The van der Waals surface area contributed by atoms with E-state index in [0.29, 0.717) is 0 Å². The standard InChI is InChI=1S/C8H6F3N3O5/c9-8(10,11)3-1-4(13(16)17)6(7(12)15)5(2-3)14(18)19/h1-2,16-17H,(H2,12,15)/q-2. The number of amides is 1. The van der Waals surface area contributed by atoms with Crippen molar-refractivity contribution in [2.75, 3.05) is 10.5 Å². The average Bonchev–Trinajstić information content (AvgIpc) is 2.25. The van der Waals surface area contributed by atoms with Crippen molar-refractivity contribution in [1.29, 1.82) is 0 Å². The van der Waals surface area contributed by atoms with Crippen LogP contribution in [-0.4, -0.2) is 16.3 Å². The van der Waals surface area contributed by atoms with E-state index in [0.717, 1.165) is 0 Å². The Morgan fingerprint density at radius 3 is 2.00 bits per heavy atom. The molecule has 0 aliphatic carbocycles. The molecule has 0 heterocycles. The lowest BCUT2D eigenvalue weighted by Crippen LogP contribution is -2.24. The zero-order chi connectivity index (χ0) is 15.0. The molecule has 1 rings (SSSR count). The van der Waals surface area contributed by atoms with Crippen LogP contribution >= 0.6 is 0 Å². The van der Waals surface area contributed by atoms with Gasteiger partial charge in [-0.2, -0.15) is 13.2 Å². The highest BCUT2D eigenvalue weighted by Gasteiger charge is 2.33. The van der Waals surface area contributed by atoms with E-state index >= 15 is 0 Å². The summed E-state index contributed by atoms with van der Waals surface area (Å²) in [5.41, 5.74) is -0.242. The SMILES string of the molecule is NC(=O)c1c(N([O-])[O-])cc(C(F)(F)F)cc1N(O)O. The topological polar surface area (TPSA) is 136 Å². The number of rotatable bonds is 3. The summed E-state index contributed by atoms with van der Waals surface area (Å²) >= 11 is 0. The molecule has 11 heteroatoms. The number of alkyl halides is 3. The van der Waals surface area contributed by atoms with Gasteiger partial charge in [-0.3, -0.25) is 15.2 Å². The average molecular weight is 281 g/mol. The first-order valence-electron chi connectivity index (χ1n) is 4.43. The quantitative estimate of drug-likeness (QED) is 0.707. The molecule has 0 spiro atoms. The molecule has 0 radical (unpaired) electrons. The van der Waals surface area contributed by atoms with E-state index in [1.54, 1.807) is 0 Å². The molecule has 0 saturated heterocycles. The molecular formula is C8H6F3N3O5-2. The highest BCUT2D eigenvalue weighted by Crippen LogP contribution is 2.37. The maximum absolute atomic E-state index is 12.5. The number of benzene rings is 1. The Kier molecular flexibility index (Phi) is 3.86. The van der Waals surface area contributed by atoms with Crippen LogP contribution in [0.5, 0.6) is 0 Å². The van der Waals surface area contributed by atoms with Gasteiger partial charge in [-0.1, -0.05) is 0 Å². The number of nitrogens with zero attached hydrogens (tertiary/aromatic N) is 2. The molecule has 0 fully saturated rings. The molecule has 106 valence electrons. The van der Waals surface area contributed by atoms with Crippen LogP contribution in [0.4, 0.5) is 24.5 Å². The molecule has 0 bridgehead atoms. The maximum Gasteiger partial charge on any atom is 0.416 e. The van der Waals surface area contributed by atoms with Gasteiger partial charge < -0.3 is 21.4 Å². The van der Waals surface area contributed by atoms with Crippen molar-refractivity contribution in [3.63, 3.8) is 0 Å². The number of hydrogen-bond acceptors (Lipinski definition) is 7. The highest BCUT2D eigenvalue weighted by molar-refractivity contribution is 6.04. The van der Waals surface area contributed by atoms with E-state index in [1.807, 2.05) is 0 Å². The van der Waals surface area contributed by atoms with E-state index in [1.165, 1.54) is 0 Å². The van der Waals surface area contributed by atoms with E-state index in [9.17, 15) is 28.4 Å². The lowest BCUT2D eigenvalue weighted by molar-refractivity contribution is -0.137. The van der Waals surface area contributed by atoms with Gasteiger partial charge in [0.2, 0.25) is 0 Å². The lowest BCUT2D eigenvalue weighted by atomic mass is 10.1. The molecule has 0 aliphatic rings. The van der Waals surface area contributed by atoms with Gasteiger partial charge in [-0.05, 0) is 12.1 Å². The first-order chi connectivity index (χ1) is 8.55. The molecule has 0 atom stereocenters. The van der Waals surface area contributed by atoms with Gasteiger partial charge in [0.1, 0.15) is 5.69 Å². The smallest absolute Gasteiger partial charge is 0.416 e. The third kappa shape index (κ3) is 3.03. The largest absolute Gasteiger partial charge is 0.769 e. The number of hydrogen-bond donors (Lipinski definition) is 3. The minimum absolute atomic E-state index is 0.0765. The van der Waals surface area contributed by atoms with Crippen molar-refractivity contribution in [3.05, 3.63) is 33.7 Å². The zero-order valence-corrected chi connectivity index (χ0v) is 8.88. The Morgan fingerprint density at radius 2 is 1.68 bits per heavy atom. The number of carbonyl (C=O) groups is 1. The van der Waals surface area contributed by atoms with Crippen LogP contribution < -0.4 is 16.2 Å². The third-order valence-electron chi connectivity index (χ3n) is 2.08. The number of primary amides is 1. The molecule has 1 aromatic rings. The molecule has 0 aliphatic heterocycles. The van der Waals surface area contributed by atoms with Gasteiger partial charge >= 0.3 is 6.18 Å². The fourth-order valence-corrected chi connectivity index (χ4v) is 1.33. The Morgan fingerprint density at radius 1 is 1.21 bits per heavy atom. The predicted octanol–water partition coefficient (Wildman–Crippen LogP) is 1.19.